The van der Waals surface area contributed by atoms with Gasteiger partial charge in [-0.3, -0.25) is 10.1 Å². The van der Waals surface area contributed by atoms with Crippen molar-refractivity contribution in [2.24, 2.45) is 0 Å². The Bertz CT molecular complexity index is 217. The number of carboxylic acids is 1. The lowest BCUT2D eigenvalue weighted by molar-refractivity contribution is -0.144. The number of aliphatic carboxylic acids is 1. The summed E-state index contributed by atoms with van der Waals surface area (Å²) in [6.45, 7) is 5.60. The highest BCUT2D eigenvalue weighted by Gasteiger charge is 2.36. The normalized spacial score (nSPS) is 21.9. The minimum absolute atomic E-state index is 0.0140. The molecule has 1 aliphatic rings. The molecule has 0 radical (unpaired) electrons. The molecule has 1 aliphatic carbocycles. The molecule has 0 saturated heterocycles. The van der Waals surface area contributed by atoms with Crippen molar-refractivity contribution in [1.82, 2.24) is 5.32 Å². The second kappa shape index (κ2) is 3.89. The van der Waals surface area contributed by atoms with Gasteiger partial charge in [-0.1, -0.05) is 19.3 Å². The molecule has 0 amide bonds. The summed E-state index contributed by atoms with van der Waals surface area (Å²) in [6, 6.07) is 0. The lowest BCUT2D eigenvalue weighted by Crippen LogP contribution is -2.58. The van der Waals surface area contributed by atoms with Crippen LogP contribution in [0.1, 0.15) is 52.9 Å². The third kappa shape index (κ3) is 2.71. The van der Waals surface area contributed by atoms with Crippen LogP contribution in [0.15, 0.2) is 0 Å². The van der Waals surface area contributed by atoms with Crippen molar-refractivity contribution in [1.29, 1.82) is 0 Å². The van der Waals surface area contributed by atoms with Gasteiger partial charge in [-0.25, -0.2) is 0 Å². The lowest BCUT2D eigenvalue weighted by atomic mass is 9.81. The molecule has 82 valence electrons. The molecule has 1 saturated carbocycles. The van der Waals surface area contributed by atoms with Crippen molar-refractivity contribution >= 4 is 5.97 Å². The number of rotatable bonds is 3. The number of hydrogen-bond donors (Lipinski definition) is 2. The molecule has 0 aromatic rings. The zero-order valence-corrected chi connectivity index (χ0v) is 9.39. The van der Waals surface area contributed by atoms with Crippen LogP contribution in [-0.2, 0) is 4.79 Å². The van der Waals surface area contributed by atoms with E-state index in [0.29, 0.717) is 0 Å². The third-order valence-corrected chi connectivity index (χ3v) is 3.11. The van der Waals surface area contributed by atoms with Gasteiger partial charge in [-0.2, -0.15) is 0 Å². The van der Waals surface area contributed by atoms with E-state index in [-0.39, 0.29) is 5.54 Å². The van der Waals surface area contributed by atoms with Crippen LogP contribution in [0.4, 0.5) is 0 Å². The first kappa shape index (κ1) is 11.5. The summed E-state index contributed by atoms with van der Waals surface area (Å²) in [5.74, 6) is -0.774. The van der Waals surface area contributed by atoms with Crippen molar-refractivity contribution in [3.63, 3.8) is 0 Å². The smallest absolute Gasteiger partial charge is 0.323 e. The first-order valence-electron chi connectivity index (χ1n) is 5.38. The highest BCUT2D eigenvalue weighted by molar-refractivity contribution is 5.77. The monoisotopic (exact) mass is 199 g/mol. The molecule has 14 heavy (non-hydrogen) atoms. The van der Waals surface area contributed by atoms with Gasteiger partial charge in [0.2, 0.25) is 0 Å². The maximum absolute atomic E-state index is 11.0. The zero-order chi connectivity index (χ0) is 10.8. The van der Waals surface area contributed by atoms with Gasteiger partial charge in [-0.05, 0) is 33.6 Å². The van der Waals surface area contributed by atoms with E-state index in [0.717, 1.165) is 12.8 Å². The van der Waals surface area contributed by atoms with Crippen LogP contribution in [0.2, 0.25) is 0 Å². The molecule has 0 spiro atoms. The number of carboxylic acid groups (broad SMARTS) is 1. The summed E-state index contributed by atoms with van der Waals surface area (Å²) < 4.78 is 0. The van der Waals surface area contributed by atoms with Crippen LogP contribution in [-0.4, -0.2) is 22.2 Å². The van der Waals surface area contributed by atoms with Crippen LogP contribution in [0.5, 0.6) is 0 Å². The zero-order valence-electron chi connectivity index (χ0n) is 9.39. The topological polar surface area (TPSA) is 49.3 Å². The van der Waals surface area contributed by atoms with Gasteiger partial charge >= 0.3 is 5.97 Å². The Morgan fingerprint density at radius 3 is 2.21 bits per heavy atom. The Morgan fingerprint density at radius 2 is 1.79 bits per heavy atom. The van der Waals surface area contributed by atoms with E-state index in [9.17, 15) is 4.79 Å². The average Bonchev–Trinajstić information content (AvgIpc) is 2.03. The number of hydrogen-bond acceptors (Lipinski definition) is 2. The van der Waals surface area contributed by atoms with Gasteiger partial charge in [0.15, 0.2) is 0 Å². The predicted octanol–water partition coefficient (Wildman–Crippen LogP) is 2.16. The molecule has 0 aromatic carbocycles. The van der Waals surface area contributed by atoms with E-state index >= 15 is 0 Å². The van der Waals surface area contributed by atoms with Gasteiger partial charge < -0.3 is 5.11 Å². The molecule has 0 atom stereocenters. The summed E-state index contributed by atoms with van der Waals surface area (Å²) in [7, 11) is 0. The maximum Gasteiger partial charge on any atom is 0.323 e. The molecule has 0 heterocycles. The third-order valence-electron chi connectivity index (χ3n) is 3.11. The van der Waals surface area contributed by atoms with Crippen LogP contribution >= 0.6 is 0 Å². The van der Waals surface area contributed by atoms with Crippen molar-refractivity contribution in [3.05, 3.63) is 0 Å². The summed E-state index contributed by atoms with van der Waals surface area (Å²) >= 11 is 0. The average molecular weight is 199 g/mol. The van der Waals surface area contributed by atoms with Gasteiger partial charge in [0.05, 0.1) is 0 Å². The van der Waals surface area contributed by atoms with E-state index < -0.39 is 11.5 Å². The van der Waals surface area contributed by atoms with Crippen LogP contribution in [0.3, 0.4) is 0 Å². The Hall–Kier alpha value is -0.570. The van der Waals surface area contributed by atoms with Crippen molar-refractivity contribution in [2.75, 3.05) is 0 Å². The quantitative estimate of drug-likeness (QED) is 0.732. The van der Waals surface area contributed by atoms with Crippen molar-refractivity contribution in [3.8, 4) is 0 Å². The summed E-state index contributed by atoms with van der Waals surface area (Å²) in [5.41, 5.74) is -0.799. The van der Waals surface area contributed by atoms with E-state index in [1.54, 1.807) is 13.8 Å². The molecular formula is C11H21NO2. The minimum Gasteiger partial charge on any atom is -0.480 e. The molecule has 0 bridgehead atoms. The fraction of sp³-hybridized carbons (Fsp3) is 0.909. The highest BCUT2D eigenvalue weighted by Crippen LogP contribution is 2.29. The molecular weight excluding hydrogens is 178 g/mol. The molecule has 3 nitrogen and oxygen atoms in total. The van der Waals surface area contributed by atoms with Crippen LogP contribution < -0.4 is 5.32 Å². The first-order chi connectivity index (χ1) is 6.36. The molecule has 0 aliphatic heterocycles. The summed E-state index contributed by atoms with van der Waals surface area (Å²) in [6.07, 6.45) is 5.87. The second-order valence-electron chi connectivity index (χ2n) is 5.18. The Balaban J connectivity index is 2.61. The molecule has 2 N–H and O–H groups in total. The molecule has 1 fully saturated rings. The van der Waals surface area contributed by atoms with Crippen LogP contribution in [0.25, 0.3) is 0 Å². The minimum atomic E-state index is -0.813. The van der Waals surface area contributed by atoms with Crippen LogP contribution in [0, 0.1) is 0 Å². The standard InChI is InChI=1S/C11H21NO2/c1-10(2,9(13)14)12-11(3)7-5-4-6-8-11/h12H,4-8H2,1-3H3,(H,13,14). The van der Waals surface area contributed by atoms with E-state index in [2.05, 4.69) is 12.2 Å². The van der Waals surface area contributed by atoms with E-state index in [1.165, 1.54) is 19.3 Å². The molecule has 3 heteroatoms. The van der Waals surface area contributed by atoms with E-state index in [1.807, 2.05) is 0 Å². The molecule has 0 unspecified atom stereocenters. The second-order valence-corrected chi connectivity index (χ2v) is 5.18. The largest absolute Gasteiger partial charge is 0.480 e. The Morgan fingerprint density at radius 1 is 1.29 bits per heavy atom. The van der Waals surface area contributed by atoms with E-state index in [4.69, 9.17) is 5.11 Å². The maximum atomic E-state index is 11.0. The van der Waals surface area contributed by atoms with Crippen molar-refractivity contribution < 1.29 is 9.90 Å². The summed E-state index contributed by atoms with van der Waals surface area (Å²) in [4.78, 5) is 11.0. The first-order valence-corrected chi connectivity index (χ1v) is 5.38. The number of carbonyl (C=O) groups is 1. The Kier molecular flexibility index (Phi) is 3.20. The van der Waals surface area contributed by atoms with Gasteiger partial charge in [0.1, 0.15) is 5.54 Å². The fourth-order valence-corrected chi connectivity index (χ4v) is 2.27. The SMILES string of the molecule is CC1(NC(C)(C)C(=O)O)CCCCC1. The summed E-state index contributed by atoms with van der Waals surface area (Å²) in [5, 5.41) is 12.3. The highest BCUT2D eigenvalue weighted by atomic mass is 16.4. The fourth-order valence-electron chi connectivity index (χ4n) is 2.27. The predicted molar refractivity (Wildman–Crippen MR) is 56.3 cm³/mol. The van der Waals surface area contributed by atoms with Gasteiger partial charge in [0, 0.05) is 5.54 Å². The molecule has 1 rings (SSSR count). The molecule has 0 aromatic heterocycles. The van der Waals surface area contributed by atoms with Gasteiger partial charge in [-0.15, -0.1) is 0 Å². The van der Waals surface area contributed by atoms with Gasteiger partial charge in [0.25, 0.3) is 0 Å². The Labute approximate surface area is 85.9 Å². The lowest BCUT2D eigenvalue weighted by Gasteiger charge is -2.40. The van der Waals surface area contributed by atoms with Crippen molar-refractivity contribution in [2.45, 2.75) is 64.0 Å². The number of nitrogens with one attached hydrogen (secondary N) is 1.